The van der Waals surface area contributed by atoms with E-state index in [0.717, 1.165) is 30.4 Å². The molecule has 1 unspecified atom stereocenters. The largest absolute Gasteiger partial charge is 0.508 e. The molecular formula is C33H36N6O4. The van der Waals surface area contributed by atoms with Gasteiger partial charge < -0.3 is 24.5 Å². The third kappa shape index (κ3) is 5.96. The number of phenols is 1. The first kappa shape index (κ1) is 28.4. The van der Waals surface area contributed by atoms with Crippen LogP contribution in [-0.2, 0) is 4.74 Å². The topological polar surface area (TPSA) is 104 Å². The van der Waals surface area contributed by atoms with Crippen LogP contribution in [0.1, 0.15) is 47.1 Å². The van der Waals surface area contributed by atoms with Crippen molar-refractivity contribution in [2.75, 3.05) is 46.9 Å². The van der Waals surface area contributed by atoms with Crippen LogP contribution >= 0.6 is 0 Å². The Morgan fingerprint density at radius 2 is 1.67 bits per heavy atom. The van der Waals surface area contributed by atoms with E-state index in [0.29, 0.717) is 60.8 Å². The van der Waals surface area contributed by atoms with E-state index >= 15 is 0 Å². The summed E-state index contributed by atoms with van der Waals surface area (Å²) in [5.74, 6) is 0.0168. The maximum absolute atomic E-state index is 14.3. The van der Waals surface area contributed by atoms with Crippen molar-refractivity contribution in [3.05, 3.63) is 77.5 Å². The van der Waals surface area contributed by atoms with Crippen molar-refractivity contribution in [2.24, 2.45) is 0 Å². The quantitative estimate of drug-likeness (QED) is 0.352. The molecule has 0 bridgehead atoms. The van der Waals surface area contributed by atoms with Crippen molar-refractivity contribution in [2.45, 2.75) is 25.5 Å². The average Bonchev–Trinajstić information content (AvgIpc) is 3.42. The van der Waals surface area contributed by atoms with Gasteiger partial charge >= 0.3 is 6.03 Å². The molecule has 4 heterocycles. The molecule has 2 aliphatic heterocycles. The lowest BCUT2D eigenvalue weighted by molar-refractivity contribution is -0.0370. The van der Waals surface area contributed by atoms with Gasteiger partial charge in [0.25, 0.3) is 5.91 Å². The molecule has 2 aliphatic rings. The van der Waals surface area contributed by atoms with Crippen LogP contribution in [0.4, 0.5) is 4.79 Å². The summed E-state index contributed by atoms with van der Waals surface area (Å²) in [6.07, 6.45) is 6.44. The highest BCUT2D eigenvalue weighted by atomic mass is 16.5. The molecule has 0 saturated carbocycles. The van der Waals surface area contributed by atoms with Gasteiger partial charge in [-0.2, -0.15) is 5.10 Å². The Hall–Kier alpha value is -4.70. The molecule has 10 nitrogen and oxygen atoms in total. The monoisotopic (exact) mass is 580 g/mol. The standard InChI is InChI=1S/C33H36N6O4/c1-36(2)33(42)38-19-17-37(18-20-38)32(41)26-22-28(24-12-14-25(40)15-13-24)34-31-30(26)27(16-11-23-8-4-3-5-9-23)35-39(31)29-10-6-7-21-43-29/h3-5,8-9,11-16,22,29,40H,6-7,10,17-21H2,1-2H3/b16-11+. The highest BCUT2D eigenvalue weighted by Gasteiger charge is 2.30. The SMILES string of the molecule is CN(C)C(=O)N1CCN(C(=O)c2cc(-c3ccc(O)cc3)nc3c2c(/C=C/c2ccccc2)nn3C2CCCCO2)CC1. The van der Waals surface area contributed by atoms with Crippen LogP contribution in [0.3, 0.4) is 0 Å². The first-order valence-electron chi connectivity index (χ1n) is 14.7. The van der Waals surface area contributed by atoms with E-state index in [1.165, 1.54) is 0 Å². The zero-order chi connectivity index (χ0) is 29.9. The van der Waals surface area contributed by atoms with Crippen molar-refractivity contribution in [1.82, 2.24) is 29.5 Å². The van der Waals surface area contributed by atoms with Gasteiger partial charge in [0, 0.05) is 52.4 Å². The molecule has 43 heavy (non-hydrogen) atoms. The number of benzene rings is 2. The predicted molar refractivity (Wildman–Crippen MR) is 165 cm³/mol. The Kier molecular flexibility index (Phi) is 8.11. The minimum absolute atomic E-state index is 0.0601. The molecular weight excluding hydrogens is 544 g/mol. The normalized spacial score (nSPS) is 17.5. The highest BCUT2D eigenvalue weighted by molar-refractivity contribution is 6.09. The molecule has 10 heteroatoms. The van der Waals surface area contributed by atoms with Crippen LogP contribution in [-0.4, -0.2) is 93.4 Å². The molecule has 6 rings (SSSR count). The van der Waals surface area contributed by atoms with Crippen molar-refractivity contribution in [1.29, 1.82) is 0 Å². The van der Waals surface area contributed by atoms with E-state index in [1.807, 2.05) is 53.2 Å². The molecule has 4 aromatic rings. The molecule has 2 aromatic heterocycles. The summed E-state index contributed by atoms with van der Waals surface area (Å²) in [5, 5.41) is 15.6. The number of pyridine rings is 1. The van der Waals surface area contributed by atoms with Crippen molar-refractivity contribution >= 4 is 35.1 Å². The summed E-state index contributed by atoms with van der Waals surface area (Å²) in [5.41, 5.74) is 4.11. The average molecular weight is 581 g/mol. The lowest BCUT2D eigenvalue weighted by Gasteiger charge is -2.36. The number of ether oxygens (including phenoxy) is 1. The summed E-state index contributed by atoms with van der Waals surface area (Å²) in [6.45, 7) is 2.40. The Balaban J connectivity index is 1.48. The van der Waals surface area contributed by atoms with E-state index in [2.05, 4.69) is 0 Å². The zero-order valence-corrected chi connectivity index (χ0v) is 24.5. The number of urea groups is 1. The molecule has 3 amide bonds. The first-order chi connectivity index (χ1) is 20.9. The van der Waals surface area contributed by atoms with Gasteiger partial charge in [0.05, 0.1) is 22.3 Å². The fourth-order valence-corrected chi connectivity index (χ4v) is 5.64. The smallest absolute Gasteiger partial charge is 0.319 e. The second kappa shape index (κ2) is 12.3. The Morgan fingerprint density at radius 3 is 2.35 bits per heavy atom. The van der Waals surface area contributed by atoms with Gasteiger partial charge in [-0.15, -0.1) is 0 Å². The fraction of sp³-hybridized carbons (Fsp3) is 0.333. The number of hydrogen-bond acceptors (Lipinski definition) is 6. The molecule has 2 fully saturated rings. The van der Waals surface area contributed by atoms with E-state index in [1.54, 1.807) is 53.1 Å². The lowest BCUT2D eigenvalue weighted by atomic mass is 10.0. The number of hydrogen-bond donors (Lipinski definition) is 1. The number of aromatic hydroxyl groups is 1. The maximum Gasteiger partial charge on any atom is 0.319 e. The van der Waals surface area contributed by atoms with Gasteiger partial charge in [-0.25, -0.2) is 14.5 Å². The lowest BCUT2D eigenvalue weighted by Crippen LogP contribution is -2.52. The van der Waals surface area contributed by atoms with E-state index in [4.69, 9.17) is 14.8 Å². The van der Waals surface area contributed by atoms with Crippen LogP contribution in [0, 0.1) is 0 Å². The number of nitrogens with zero attached hydrogens (tertiary/aromatic N) is 6. The van der Waals surface area contributed by atoms with Gasteiger partial charge in [0.1, 0.15) is 5.75 Å². The summed E-state index contributed by atoms with van der Waals surface area (Å²) in [7, 11) is 3.47. The molecule has 1 atom stereocenters. The van der Waals surface area contributed by atoms with Gasteiger partial charge in [0.2, 0.25) is 0 Å². The summed E-state index contributed by atoms with van der Waals surface area (Å²) < 4.78 is 7.97. The molecule has 0 spiro atoms. The number of piperazine rings is 1. The molecule has 2 saturated heterocycles. The number of fused-ring (bicyclic) bond motifs is 1. The molecule has 0 radical (unpaired) electrons. The number of aromatic nitrogens is 3. The van der Waals surface area contributed by atoms with Crippen LogP contribution in [0.5, 0.6) is 5.75 Å². The Bertz CT molecular complexity index is 1630. The molecule has 0 aliphatic carbocycles. The van der Waals surface area contributed by atoms with E-state index < -0.39 is 0 Å². The number of rotatable bonds is 5. The summed E-state index contributed by atoms with van der Waals surface area (Å²) in [4.78, 5) is 37.0. The molecule has 1 N–H and O–H groups in total. The summed E-state index contributed by atoms with van der Waals surface area (Å²) >= 11 is 0. The maximum atomic E-state index is 14.3. The van der Waals surface area contributed by atoms with Gasteiger partial charge in [-0.3, -0.25) is 4.79 Å². The second-order valence-electron chi connectivity index (χ2n) is 11.2. The minimum Gasteiger partial charge on any atom is -0.508 e. The summed E-state index contributed by atoms with van der Waals surface area (Å²) in [6, 6.07) is 18.5. The highest BCUT2D eigenvalue weighted by Crippen LogP contribution is 2.34. The number of carbonyl (C=O) groups is 2. The third-order valence-electron chi connectivity index (χ3n) is 7.96. The van der Waals surface area contributed by atoms with E-state index in [9.17, 15) is 14.7 Å². The number of phenolic OH excluding ortho intramolecular Hbond substituents is 1. The van der Waals surface area contributed by atoms with Crippen LogP contribution in [0.2, 0.25) is 0 Å². The fourth-order valence-electron chi connectivity index (χ4n) is 5.64. The van der Waals surface area contributed by atoms with Gasteiger partial charge in [-0.1, -0.05) is 36.4 Å². The number of amides is 3. The Labute approximate surface area is 250 Å². The Morgan fingerprint density at radius 1 is 0.953 bits per heavy atom. The van der Waals surface area contributed by atoms with Crippen molar-refractivity contribution in [3.63, 3.8) is 0 Å². The second-order valence-corrected chi connectivity index (χ2v) is 11.2. The van der Waals surface area contributed by atoms with Gasteiger partial charge in [-0.05, 0) is 61.2 Å². The van der Waals surface area contributed by atoms with Crippen LogP contribution < -0.4 is 0 Å². The van der Waals surface area contributed by atoms with Crippen LogP contribution in [0.15, 0.2) is 60.7 Å². The first-order valence-corrected chi connectivity index (χ1v) is 14.7. The van der Waals surface area contributed by atoms with E-state index in [-0.39, 0.29) is 23.9 Å². The number of carbonyl (C=O) groups excluding carboxylic acids is 2. The van der Waals surface area contributed by atoms with Crippen LogP contribution in [0.25, 0.3) is 34.4 Å². The third-order valence-corrected chi connectivity index (χ3v) is 7.96. The van der Waals surface area contributed by atoms with Crippen molar-refractivity contribution < 1.29 is 19.4 Å². The minimum atomic E-state index is -0.291. The predicted octanol–water partition coefficient (Wildman–Crippen LogP) is 5.11. The van der Waals surface area contributed by atoms with Crippen molar-refractivity contribution in [3.8, 4) is 17.0 Å². The van der Waals surface area contributed by atoms with Gasteiger partial charge in [0.15, 0.2) is 11.9 Å². The molecule has 2 aromatic carbocycles. The molecule has 222 valence electrons. The zero-order valence-electron chi connectivity index (χ0n) is 24.5.